The molecule has 0 unspecified atom stereocenters. The van der Waals surface area contributed by atoms with Gasteiger partial charge in [0.15, 0.2) is 5.82 Å². The number of nitrogens with one attached hydrogen (secondary N) is 1. The van der Waals surface area contributed by atoms with E-state index in [0.29, 0.717) is 21.8 Å². The Morgan fingerprint density at radius 2 is 2.23 bits per heavy atom. The molecule has 2 rings (SSSR count). The highest BCUT2D eigenvalue weighted by atomic mass is 35.5. The monoisotopic (exact) mass is 393 g/mol. The number of thioether (sulfide) groups is 1. The van der Waals surface area contributed by atoms with Gasteiger partial charge in [-0.15, -0.1) is 5.10 Å². The van der Waals surface area contributed by atoms with Crippen LogP contribution < -0.4 is 4.74 Å². The number of hydrogen-bond donors (Lipinski definition) is 1. The Labute approximate surface area is 161 Å². The zero-order valence-electron chi connectivity index (χ0n) is 15.0. The lowest BCUT2D eigenvalue weighted by Crippen LogP contribution is -2.44. The van der Waals surface area contributed by atoms with E-state index in [9.17, 15) is 4.79 Å². The molecule has 2 aromatic rings. The van der Waals surface area contributed by atoms with Crippen LogP contribution in [0.5, 0.6) is 5.75 Å². The van der Waals surface area contributed by atoms with Gasteiger partial charge in [0.2, 0.25) is 11.1 Å². The number of aromatic nitrogens is 3. The van der Waals surface area contributed by atoms with Gasteiger partial charge in [-0.3, -0.25) is 9.89 Å². The molecule has 1 aromatic heterocycles. The van der Waals surface area contributed by atoms with E-state index in [1.165, 1.54) is 16.7 Å². The molecule has 0 bridgehead atoms. The molecule has 1 amide bonds. The Balaban J connectivity index is 1.87. The number of benzene rings is 1. The highest BCUT2D eigenvalue weighted by molar-refractivity contribution is 7.99. The summed E-state index contributed by atoms with van der Waals surface area (Å²) in [5.41, 5.74) is 0.0766. The molecular formula is C17H20ClN5O2S. The number of H-pyrrole nitrogens is 1. The van der Waals surface area contributed by atoms with E-state index in [1.54, 1.807) is 33.0 Å². The molecule has 0 fully saturated rings. The van der Waals surface area contributed by atoms with Crippen LogP contribution in [0.2, 0.25) is 5.02 Å². The summed E-state index contributed by atoms with van der Waals surface area (Å²) in [6.07, 6.45) is 0. The molecule has 0 aliphatic rings. The quantitative estimate of drug-likeness (QED) is 0.726. The molecule has 0 saturated carbocycles. The maximum atomic E-state index is 12.2. The molecule has 0 spiro atoms. The summed E-state index contributed by atoms with van der Waals surface area (Å²) >= 11 is 7.19. The van der Waals surface area contributed by atoms with Gasteiger partial charge in [-0.05, 0) is 44.5 Å². The molecular weight excluding hydrogens is 374 g/mol. The van der Waals surface area contributed by atoms with Crippen molar-refractivity contribution in [2.24, 2.45) is 0 Å². The fourth-order valence-corrected chi connectivity index (χ4v) is 2.72. The summed E-state index contributed by atoms with van der Waals surface area (Å²) in [6.45, 7) is 5.51. The van der Waals surface area contributed by atoms with Crippen molar-refractivity contribution in [2.75, 3.05) is 12.8 Å². The number of nitrogens with zero attached hydrogens (tertiary/aromatic N) is 4. The molecule has 0 aliphatic carbocycles. The van der Waals surface area contributed by atoms with Crippen LogP contribution in [0, 0.1) is 18.3 Å². The lowest BCUT2D eigenvalue weighted by Gasteiger charge is -2.28. The Morgan fingerprint density at radius 3 is 2.88 bits per heavy atom. The second kappa shape index (κ2) is 8.43. The highest BCUT2D eigenvalue weighted by Crippen LogP contribution is 2.22. The first-order chi connectivity index (χ1) is 12.2. The first kappa shape index (κ1) is 20.1. The Kier molecular flexibility index (Phi) is 6.51. The third-order valence-corrected chi connectivity index (χ3v) is 5.08. The van der Waals surface area contributed by atoms with Crippen LogP contribution in [0.3, 0.4) is 0 Å². The number of nitriles is 1. The molecule has 1 N–H and O–H groups in total. The fourth-order valence-electron chi connectivity index (χ4n) is 1.88. The van der Waals surface area contributed by atoms with Crippen LogP contribution in [-0.4, -0.2) is 44.3 Å². The highest BCUT2D eigenvalue weighted by Gasteiger charge is 2.27. The SMILES string of the molecule is Cc1cc(OCc2nc(SCC(=O)N(C)C(C)(C)C#N)n[nH]2)ccc1Cl. The number of ether oxygens (including phenoxy) is 1. The van der Waals surface area contributed by atoms with Crippen LogP contribution in [0.1, 0.15) is 25.2 Å². The summed E-state index contributed by atoms with van der Waals surface area (Å²) in [4.78, 5) is 17.9. The predicted molar refractivity (Wildman–Crippen MR) is 100 cm³/mol. The maximum Gasteiger partial charge on any atom is 0.234 e. The van der Waals surface area contributed by atoms with Gasteiger partial charge in [0.05, 0.1) is 11.8 Å². The zero-order chi connectivity index (χ0) is 19.3. The minimum absolute atomic E-state index is 0.149. The van der Waals surface area contributed by atoms with Gasteiger partial charge < -0.3 is 9.64 Å². The van der Waals surface area contributed by atoms with Gasteiger partial charge in [-0.1, -0.05) is 23.4 Å². The summed E-state index contributed by atoms with van der Waals surface area (Å²) in [6, 6.07) is 7.51. The van der Waals surface area contributed by atoms with E-state index in [4.69, 9.17) is 21.6 Å². The molecule has 0 aliphatic heterocycles. The molecule has 0 saturated heterocycles. The second-order valence-corrected chi connectivity index (χ2v) is 7.53. The number of aromatic amines is 1. The average molecular weight is 394 g/mol. The van der Waals surface area contributed by atoms with Crippen molar-refractivity contribution in [3.63, 3.8) is 0 Å². The lowest BCUT2D eigenvalue weighted by atomic mass is 10.1. The summed E-state index contributed by atoms with van der Waals surface area (Å²) in [5, 5.41) is 17.1. The van der Waals surface area contributed by atoms with Crippen molar-refractivity contribution in [3.8, 4) is 11.8 Å². The van der Waals surface area contributed by atoms with E-state index in [2.05, 4.69) is 21.3 Å². The topological polar surface area (TPSA) is 94.9 Å². The van der Waals surface area contributed by atoms with E-state index >= 15 is 0 Å². The van der Waals surface area contributed by atoms with Gasteiger partial charge in [0.25, 0.3) is 0 Å². The number of amides is 1. The molecule has 7 nitrogen and oxygen atoms in total. The number of rotatable bonds is 7. The van der Waals surface area contributed by atoms with Crippen LogP contribution in [0.15, 0.2) is 23.4 Å². The third kappa shape index (κ3) is 5.13. The van der Waals surface area contributed by atoms with Gasteiger partial charge in [0.1, 0.15) is 17.9 Å². The average Bonchev–Trinajstić information content (AvgIpc) is 3.08. The Morgan fingerprint density at radius 1 is 1.50 bits per heavy atom. The maximum absolute atomic E-state index is 12.2. The number of carbonyl (C=O) groups is 1. The van der Waals surface area contributed by atoms with Crippen molar-refractivity contribution >= 4 is 29.3 Å². The minimum atomic E-state index is -0.855. The standard InChI is InChI=1S/C17H20ClN5O2S/c1-11-7-12(5-6-13(11)18)25-8-14-20-16(22-21-14)26-9-15(24)23(4)17(2,3)10-19/h5-7H,8-9H2,1-4H3,(H,20,21,22). The summed E-state index contributed by atoms with van der Waals surface area (Å²) < 4.78 is 5.65. The molecule has 1 aromatic carbocycles. The molecule has 26 heavy (non-hydrogen) atoms. The van der Waals surface area contributed by atoms with E-state index in [0.717, 1.165) is 5.56 Å². The Hall–Kier alpha value is -2.24. The van der Waals surface area contributed by atoms with Gasteiger partial charge in [0, 0.05) is 12.1 Å². The third-order valence-electron chi connectivity index (χ3n) is 3.83. The first-order valence-corrected chi connectivity index (χ1v) is 9.20. The lowest BCUT2D eigenvalue weighted by molar-refractivity contribution is -0.130. The van der Waals surface area contributed by atoms with Gasteiger partial charge in [-0.2, -0.15) is 5.26 Å². The minimum Gasteiger partial charge on any atom is -0.486 e. The Bertz CT molecular complexity index is 831. The van der Waals surface area contributed by atoms with Crippen LogP contribution in [0.25, 0.3) is 0 Å². The number of carbonyl (C=O) groups excluding carboxylic acids is 1. The van der Waals surface area contributed by atoms with Crippen LogP contribution >= 0.6 is 23.4 Å². The molecule has 0 radical (unpaired) electrons. The smallest absolute Gasteiger partial charge is 0.234 e. The normalized spacial score (nSPS) is 11.1. The largest absolute Gasteiger partial charge is 0.486 e. The van der Waals surface area contributed by atoms with Crippen molar-refractivity contribution < 1.29 is 9.53 Å². The summed E-state index contributed by atoms with van der Waals surface area (Å²) in [5.74, 6) is 1.22. The summed E-state index contributed by atoms with van der Waals surface area (Å²) in [7, 11) is 1.61. The number of aryl methyl sites for hydroxylation is 1. The fraction of sp³-hybridized carbons (Fsp3) is 0.412. The van der Waals surface area contributed by atoms with E-state index < -0.39 is 5.54 Å². The van der Waals surface area contributed by atoms with Crippen molar-refractivity contribution in [1.29, 1.82) is 5.26 Å². The zero-order valence-corrected chi connectivity index (χ0v) is 16.6. The van der Waals surface area contributed by atoms with Crippen molar-refractivity contribution in [2.45, 2.75) is 38.1 Å². The van der Waals surface area contributed by atoms with E-state index in [1.807, 2.05) is 13.0 Å². The van der Waals surface area contributed by atoms with Crippen LogP contribution in [-0.2, 0) is 11.4 Å². The molecule has 0 atom stereocenters. The van der Waals surface area contributed by atoms with Gasteiger partial charge >= 0.3 is 0 Å². The van der Waals surface area contributed by atoms with Crippen LogP contribution in [0.4, 0.5) is 0 Å². The predicted octanol–water partition coefficient (Wildman–Crippen LogP) is 3.20. The van der Waals surface area contributed by atoms with Crippen molar-refractivity contribution in [3.05, 3.63) is 34.6 Å². The number of hydrogen-bond acceptors (Lipinski definition) is 6. The first-order valence-electron chi connectivity index (χ1n) is 7.84. The number of halogens is 1. The molecule has 1 heterocycles. The second-order valence-electron chi connectivity index (χ2n) is 6.18. The molecule has 9 heteroatoms. The van der Waals surface area contributed by atoms with E-state index in [-0.39, 0.29) is 18.3 Å². The van der Waals surface area contributed by atoms with Crippen molar-refractivity contribution in [1.82, 2.24) is 20.1 Å². The molecule has 138 valence electrons. The van der Waals surface area contributed by atoms with Gasteiger partial charge in [-0.25, -0.2) is 4.98 Å².